The minimum atomic E-state index is -0.331. The zero-order chi connectivity index (χ0) is 17.7. The number of carbonyl (C=O) groups excluding carboxylic acids is 1. The highest BCUT2D eigenvalue weighted by Crippen LogP contribution is 2.32. The number of piperidine rings is 3. The maximum Gasteiger partial charge on any atom is 0.359 e. The zero-order valence-electron chi connectivity index (χ0n) is 14.6. The molecule has 0 radical (unpaired) electrons. The van der Waals surface area contributed by atoms with Crippen LogP contribution in [-0.2, 0) is 4.74 Å². The number of rotatable bonds is 3. The van der Waals surface area contributed by atoms with E-state index < -0.39 is 0 Å². The van der Waals surface area contributed by atoms with Crippen LogP contribution in [0.3, 0.4) is 0 Å². The number of esters is 1. The van der Waals surface area contributed by atoms with E-state index in [1.807, 2.05) is 31.3 Å². The molecule has 0 aliphatic carbocycles. The third-order valence-corrected chi connectivity index (χ3v) is 6.44. The molecule has 6 rings (SSSR count). The van der Waals surface area contributed by atoms with Gasteiger partial charge in [0.25, 0.3) is 0 Å². The van der Waals surface area contributed by atoms with Gasteiger partial charge in [-0.3, -0.25) is 10.00 Å². The Morgan fingerprint density at radius 1 is 1.35 bits per heavy atom. The van der Waals surface area contributed by atoms with Crippen molar-refractivity contribution in [2.45, 2.75) is 25.9 Å². The van der Waals surface area contributed by atoms with Gasteiger partial charge in [-0.1, -0.05) is 0 Å². The molecule has 0 unspecified atom stereocenters. The summed E-state index contributed by atoms with van der Waals surface area (Å²) in [5, 5.41) is 8.92. The fourth-order valence-corrected chi connectivity index (χ4v) is 4.79. The maximum atomic E-state index is 12.8. The van der Waals surface area contributed by atoms with Gasteiger partial charge in [-0.2, -0.15) is 5.10 Å². The van der Waals surface area contributed by atoms with Crippen LogP contribution in [0.25, 0.3) is 21.5 Å². The highest BCUT2D eigenvalue weighted by Gasteiger charge is 2.37. The molecule has 3 aromatic rings. The van der Waals surface area contributed by atoms with Crippen LogP contribution in [0.2, 0.25) is 0 Å². The first-order chi connectivity index (χ1) is 12.7. The Labute approximate surface area is 155 Å². The summed E-state index contributed by atoms with van der Waals surface area (Å²) in [5.74, 6) is 0.158. The van der Waals surface area contributed by atoms with Gasteiger partial charge in [0, 0.05) is 28.6 Å². The summed E-state index contributed by atoms with van der Waals surface area (Å²) in [4.78, 5) is 20.8. The number of hydrogen-bond acceptors (Lipinski definition) is 6. The van der Waals surface area contributed by atoms with Crippen molar-refractivity contribution in [2.75, 3.05) is 19.6 Å². The first kappa shape index (κ1) is 16.0. The summed E-state index contributed by atoms with van der Waals surface area (Å²) in [7, 11) is 0. The van der Waals surface area contributed by atoms with E-state index in [0.29, 0.717) is 11.6 Å². The van der Waals surface area contributed by atoms with Crippen molar-refractivity contribution in [2.24, 2.45) is 5.92 Å². The SMILES string of the molecule is Cc1cnc(-c2ccc3[nH]nc(C(=O)O[C@@H]4CN5CCC4CC5)c3c2)s1. The smallest absolute Gasteiger partial charge is 0.359 e. The molecular formula is C19H20N4O2S. The number of aryl methyl sites for hydroxylation is 1. The van der Waals surface area contributed by atoms with E-state index in [-0.39, 0.29) is 12.1 Å². The molecule has 0 amide bonds. The van der Waals surface area contributed by atoms with Crippen molar-refractivity contribution < 1.29 is 9.53 Å². The number of thiazole rings is 1. The Kier molecular flexibility index (Phi) is 3.79. The number of carbonyl (C=O) groups is 1. The predicted octanol–water partition coefficient (Wildman–Crippen LogP) is 3.25. The number of ether oxygens (including phenoxy) is 1. The lowest BCUT2D eigenvalue weighted by molar-refractivity contribution is -0.0458. The molecule has 3 fully saturated rings. The average Bonchev–Trinajstić information content (AvgIpc) is 3.28. The van der Waals surface area contributed by atoms with Crippen molar-refractivity contribution in [3.63, 3.8) is 0 Å². The summed E-state index contributed by atoms with van der Waals surface area (Å²) in [5.41, 5.74) is 2.20. The molecule has 0 spiro atoms. The monoisotopic (exact) mass is 368 g/mol. The lowest BCUT2D eigenvalue weighted by atomic mass is 9.86. The Morgan fingerprint density at radius 2 is 2.19 bits per heavy atom. The molecular weight excluding hydrogens is 348 g/mol. The van der Waals surface area contributed by atoms with Crippen LogP contribution in [0, 0.1) is 12.8 Å². The van der Waals surface area contributed by atoms with E-state index in [2.05, 4.69) is 20.1 Å². The van der Waals surface area contributed by atoms with Gasteiger partial charge in [0.2, 0.25) is 0 Å². The largest absolute Gasteiger partial charge is 0.456 e. The first-order valence-corrected chi connectivity index (χ1v) is 9.83. The van der Waals surface area contributed by atoms with Crippen molar-refractivity contribution in [3.05, 3.63) is 35.0 Å². The second-order valence-electron chi connectivity index (χ2n) is 7.19. The fourth-order valence-electron chi connectivity index (χ4n) is 4.03. The van der Waals surface area contributed by atoms with Crippen molar-refractivity contribution in [3.8, 4) is 10.6 Å². The van der Waals surface area contributed by atoms with E-state index in [4.69, 9.17) is 4.74 Å². The molecule has 26 heavy (non-hydrogen) atoms. The number of H-pyrrole nitrogens is 1. The fraction of sp³-hybridized carbons (Fsp3) is 0.421. The number of aromatic amines is 1. The van der Waals surface area contributed by atoms with E-state index in [0.717, 1.165) is 58.8 Å². The number of aromatic nitrogens is 3. The van der Waals surface area contributed by atoms with Gasteiger partial charge >= 0.3 is 5.97 Å². The molecule has 0 saturated carbocycles. The second kappa shape index (κ2) is 6.17. The molecule has 1 N–H and O–H groups in total. The van der Waals surface area contributed by atoms with E-state index in [1.54, 1.807) is 11.3 Å². The lowest BCUT2D eigenvalue weighted by Crippen LogP contribution is -2.51. The zero-order valence-corrected chi connectivity index (χ0v) is 15.4. The summed E-state index contributed by atoms with van der Waals surface area (Å²) in [6.07, 6.45) is 4.09. The number of nitrogens with zero attached hydrogens (tertiary/aromatic N) is 3. The van der Waals surface area contributed by atoms with Crippen LogP contribution in [0.1, 0.15) is 28.2 Å². The van der Waals surface area contributed by atoms with E-state index in [1.165, 1.54) is 0 Å². The third kappa shape index (κ3) is 2.71. The van der Waals surface area contributed by atoms with Gasteiger partial charge in [-0.05, 0) is 57.0 Å². The van der Waals surface area contributed by atoms with Crippen LogP contribution in [0.15, 0.2) is 24.4 Å². The minimum Gasteiger partial charge on any atom is -0.456 e. The molecule has 2 bridgehead atoms. The summed E-state index contributed by atoms with van der Waals surface area (Å²) >= 11 is 1.64. The van der Waals surface area contributed by atoms with E-state index >= 15 is 0 Å². The predicted molar refractivity (Wildman–Crippen MR) is 100 cm³/mol. The molecule has 3 saturated heterocycles. The summed E-state index contributed by atoms with van der Waals surface area (Å²) < 4.78 is 5.85. The second-order valence-corrected chi connectivity index (χ2v) is 8.43. The molecule has 3 aliphatic rings. The Bertz CT molecular complexity index is 971. The topological polar surface area (TPSA) is 71.1 Å². The molecule has 3 aliphatic heterocycles. The van der Waals surface area contributed by atoms with Gasteiger partial charge in [-0.15, -0.1) is 11.3 Å². The average molecular weight is 368 g/mol. The lowest BCUT2D eigenvalue weighted by Gasteiger charge is -2.43. The van der Waals surface area contributed by atoms with Crippen LogP contribution < -0.4 is 0 Å². The van der Waals surface area contributed by atoms with Gasteiger partial charge in [0.15, 0.2) is 5.69 Å². The molecule has 134 valence electrons. The van der Waals surface area contributed by atoms with Crippen LogP contribution in [0.4, 0.5) is 0 Å². The molecule has 2 aromatic heterocycles. The Hall–Kier alpha value is -2.25. The van der Waals surface area contributed by atoms with E-state index in [9.17, 15) is 4.79 Å². The molecule has 5 heterocycles. The number of hydrogen-bond donors (Lipinski definition) is 1. The normalized spacial score (nSPS) is 24.9. The highest BCUT2D eigenvalue weighted by molar-refractivity contribution is 7.14. The summed E-state index contributed by atoms with van der Waals surface area (Å²) in [6.45, 7) is 5.14. The van der Waals surface area contributed by atoms with Gasteiger partial charge in [0.1, 0.15) is 11.1 Å². The number of nitrogens with one attached hydrogen (secondary N) is 1. The third-order valence-electron chi connectivity index (χ3n) is 5.48. The number of fused-ring (bicyclic) bond motifs is 4. The molecule has 7 heteroatoms. The number of benzene rings is 1. The molecule has 1 aromatic carbocycles. The van der Waals surface area contributed by atoms with Crippen molar-refractivity contribution in [1.82, 2.24) is 20.1 Å². The Balaban J connectivity index is 1.43. The van der Waals surface area contributed by atoms with Crippen LogP contribution in [-0.4, -0.2) is 51.8 Å². The quantitative estimate of drug-likeness (QED) is 0.719. The highest BCUT2D eigenvalue weighted by atomic mass is 32.1. The maximum absolute atomic E-state index is 12.8. The standard InChI is InChI=1S/C19H20N4O2S/c1-11-9-20-18(26-11)13-2-3-15-14(8-13)17(22-21-15)19(24)25-16-10-23-6-4-12(16)5-7-23/h2-3,8-9,12,16H,4-7,10H2,1H3,(H,21,22)/t16-/m1/s1. The Morgan fingerprint density at radius 3 is 2.88 bits per heavy atom. The summed E-state index contributed by atoms with van der Waals surface area (Å²) in [6, 6.07) is 5.92. The van der Waals surface area contributed by atoms with Gasteiger partial charge < -0.3 is 4.74 Å². The van der Waals surface area contributed by atoms with Gasteiger partial charge in [0.05, 0.1) is 5.52 Å². The van der Waals surface area contributed by atoms with Gasteiger partial charge in [-0.25, -0.2) is 9.78 Å². The minimum absolute atomic E-state index is 0.0125. The van der Waals surface area contributed by atoms with Crippen molar-refractivity contribution >= 4 is 28.2 Å². The van der Waals surface area contributed by atoms with Crippen LogP contribution >= 0.6 is 11.3 Å². The first-order valence-electron chi connectivity index (χ1n) is 9.01. The van der Waals surface area contributed by atoms with Crippen molar-refractivity contribution in [1.29, 1.82) is 0 Å². The van der Waals surface area contributed by atoms with Crippen LogP contribution in [0.5, 0.6) is 0 Å². The molecule has 1 atom stereocenters. The molecule has 6 nitrogen and oxygen atoms in total.